The van der Waals surface area contributed by atoms with E-state index < -0.39 is 5.97 Å². The van der Waals surface area contributed by atoms with Crippen LogP contribution in [0, 0.1) is 0 Å². The van der Waals surface area contributed by atoms with Gasteiger partial charge >= 0.3 is 5.97 Å². The van der Waals surface area contributed by atoms with Crippen molar-refractivity contribution >= 4 is 49.4 Å². The van der Waals surface area contributed by atoms with Crippen LogP contribution >= 0.6 is 31.9 Å². The summed E-state index contributed by atoms with van der Waals surface area (Å²) in [7, 11) is 1.32. The first-order valence-corrected chi connectivity index (χ1v) is 7.54. The first kappa shape index (κ1) is 15.7. The van der Waals surface area contributed by atoms with Crippen LogP contribution in [-0.4, -0.2) is 19.0 Å². The fraction of sp³-hybridized carbons (Fsp3) is 0.0667. The molecule has 0 aliphatic rings. The van der Waals surface area contributed by atoms with Crippen LogP contribution in [0.2, 0.25) is 0 Å². The molecule has 0 aliphatic carbocycles. The van der Waals surface area contributed by atoms with Crippen molar-refractivity contribution < 1.29 is 14.3 Å². The molecule has 0 unspecified atom stereocenters. The van der Waals surface area contributed by atoms with Crippen molar-refractivity contribution in [2.75, 3.05) is 12.4 Å². The molecular formula is C15H11Br2NO3. The molecule has 0 saturated heterocycles. The van der Waals surface area contributed by atoms with Crippen LogP contribution in [-0.2, 0) is 4.74 Å². The van der Waals surface area contributed by atoms with Crippen molar-refractivity contribution in [2.45, 2.75) is 0 Å². The van der Waals surface area contributed by atoms with E-state index in [-0.39, 0.29) is 5.91 Å². The van der Waals surface area contributed by atoms with Crippen LogP contribution in [0.25, 0.3) is 0 Å². The number of ether oxygens (including phenoxy) is 1. The Hall–Kier alpha value is -1.66. The lowest BCUT2D eigenvalue weighted by atomic mass is 10.2. The Morgan fingerprint density at radius 2 is 1.71 bits per heavy atom. The molecule has 108 valence electrons. The summed E-state index contributed by atoms with van der Waals surface area (Å²) < 4.78 is 6.14. The summed E-state index contributed by atoms with van der Waals surface area (Å²) in [5.41, 5.74) is 1.54. The van der Waals surface area contributed by atoms with Gasteiger partial charge in [-0.2, -0.15) is 0 Å². The zero-order valence-corrected chi connectivity index (χ0v) is 14.2. The maximum atomic E-state index is 12.2. The predicted octanol–water partition coefficient (Wildman–Crippen LogP) is 4.25. The highest BCUT2D eigenvalue weighted by molar-refractivity contribution is 9.11. The molecule has 2 rings (SSSR count). The molecule has 1 amide bonds. The summed E-state index contributed by atoms with van der Waals surface area (Å²) in [6, 6.07) is 11.8. The number of rotatable bonds is 3. The molecule has 0 spiro atoms. The van der Waals surface area contributed by atoms with Gasteiger partial charge in [-0.15, -0.1) is 0 Å². The number of esters is 1. The van der Waals surface area contributed by atoms with Gasteiger partial charge in [-0.05, 0) is 58.4 Å². The number of carbonyl (C=O) groups excluding carboxylic acids is 2. The zero-order chi connectivity index (χ0) is 15.4. The lowest BCUT2D eigenvalue weighted by molar-refractivity contribution is 0.0600. The second kappa shape index (κ2) is 6.87. The zero-order valence-electron chi connectivity index (χ0n) is 11.0. The number of nitrogens with one attached hydrogen (secondary N) is 1. The minimum Gasteiger partial charge on any atom is -0.465 e. The van der Waals surface area contributed by atoms with Crippen LogP contribution in [0.5, 0.6) is 0 Å². The molecule has 2 aromatic carbocycles. The lowest BCUT2D eigenvalue weighted by Crippen LogP contribution is -2.12. The Morgan fingerprint density at radius 1 is 1.05 bits per heavy atom. The van der Waals surface area contributed by atoms with Crippen molar-refractivity contribution in [3.05, 3.63) is 62.5 Å². The number of halogens is 2. The third kappa shape index (κ3) is 3.92. The van der Waals surface area contributed by atoms with Gasteiger partial charge in [0.25, 0.3) is 5.91 Å². The summed E-state index contributed by atoms with van der Waals surface area (Å²) in [6.07, 6.45) is 0. The number of methoxy groups -OCH3 is 1. The molecule has 0 saturated carbocycles. The van der Waals surface area contributed by atoms with E-state index >= 15 is 0 Å². The first-order valence-electron chi connectivity index (χ1n) is 5.96. The molecule has 0 aromatic heterocycles. The summed E-state index contributed by atoms with van der Waals surface area (Å²) in [4.78, 5) is 23.5. The largest absolute Gasteiger partial charge is 0.465 e. The number of hydrogen-bond donors (Lipinski definition) is 1. The average Bonchev–Trinajstić information content (AvgIpc) is 2.49. The Morgan fingerprint density at radius 3 is 2.33 bits per heavy atom. The molecule has 4 nitrogen and oxygen atoms in total. The van der Waals surface area contributed by atoms with E-state index in [0.717, 1.165) is 4.47 Å². The number of anilines is 1. The van der Waals surface area contributed by atoms with Crippen molar-refractivity contribution in [3.63, 3.8) is 0 Å². The third-order valence-corrected chi connectivity index (χ3v) is 3.92. The maximum Gasteiger partial charge on any atom is 0.337 e. The number of carbonyl (C=O) groups is 2. The quantitative estimate of drug-likeness (QED) is 0.766. The van der Waals surface area contributed by atoms with E-state index in [4.69, 9.17) is 0 Å². The van der Waals surface area contributed by atoms with Crippen LogP contribution < -0.4 is 5.32 Å². The first-order chi connectivity index (χ1) is 10.0. The standard InChI is InChI=1S/C15H11Br2NO3/c1-21-15(20)9-2-5-11(6-3-9)18-14(19)12-8-10(16)4-7-13(12)17/h2-8H,1H3,(H,18,19). The van der Waals surface area contributed by atoms with E-state index in [9.17, 15) is 9.59 Å². The molecule has 0 bridgehead atoms. The molecule has 0 atom stereocenters. The average molecular weight is 413 g/mol. The summed E-state index contributed by atoms with van der Waals surface area (Å²) in [5, 5.41) is 2.77. The van der Waals surface area contributed by atoms with Crippen LogP contribution in [0.15, 0.2) is 51.4 Å². The molecule has 6 heteroatoms. The Bertz CT molecular complexity index is 684. The van der Waals surface area contributed by atoms with Crippen LogP contribution in [0.4, 0.5) is 5.69 Å². The van der Waals surface area contributed by atoms with E-state index in [1.807, 2.05) is 6.07 Å². The second-order valence-corrected chi connectivity index (χ2v) is 5.92. The number of amides is 1. The molecular weight excluding hydrogens is 402 g/mol. The fourth-order valence-electron chi connectivity index (χ4n) is 1.68. The van der Waals surface area contributed by atoms with Gasteiger partial charge in [0.05, 0.1) is 18.2 Å². The number of benzene rings is 2. The van der Waals surface area contributed by atoms with Gasteiger partial charge in [-0.1, -0.05) is 15.9 Å². The van der Waals surface area contributed by atoms with E-state index in [2.05, 4.69) is 41.9 Å². The normalized spacial score (nSPS) is 10.0. The Kier molecular flexibility index (Phi) is 5.14. The minimum atomic E-state index is -0.414. The maximum absolute atomic E-state index is 12.2. The molecule has 2 aromatic rings. The molecule has 0 heterocycles. The van der Waals surface area contributed by atoms with Crippen molar-refractivity contribution in [1.82, 2.24) is 0 Å². The van der Waals surface area contributed by atoms with Gasteiger partial charge in [0, 0.05) is 14.6 Å². The fourth-order valence-corrected chi connectivity index (χ4v) is 2.47. The Labute approximate surface area is 138 Å². The topological polar surface area (TPSA) is 55.4 Å². The van der Waals surface area contributed by atoms with Gasteiger partial charge in [-0.3, -0.25) is 4.79 Å². The van der Waals surface area contributed by atoms with E-state index in [1.54, 1.807) is 36.4 Å². The molecule has 1 N–H and O–H groups in total. The van der Waals surface area contributed by atoms with Gasteiger partial charge in [0.2, 0.25) is 0 Å². The third-order valence-electron chi connectivity index (χ3n) is 2.74. The highest BCUT2D eigenvalue weighted by Crippen LogP contribution is 2.22. The Balaban J connectivity index is 2.16. The highest BCUT2D eigenvalue weighted by atomic mass is 79.9. The van der Waals surface area contributed by atoms with Crippen molar-refractivity contribution in [1.29, 1.82) is 0 Å². The lowest BCUT2D eigenvalue weighted by Gasteiger charge is -2.08. The summed E-state index contributed by atoms with van der Waals surface area (Å²) in [6.45, 7) is 0. The SMILES string of the molecule is COC(=O)c1ccc(NC(=O)c2cc(Br)ccc2Br)cc1. The minimum absolute atomic E-state index is 0.242. The monoisotopic (exact) mass is 411 g/mol. The summed E-state index contributed by atoms with van der Waals surface area (Å²) >= 11 is 6.67. The van der Waals surface area contributed by atoms with Crippen molar-refractivity contribution in [3.8, 4) is 0 Å². The van der Waals surface area contributed by atoms with Crippen LogP contribution in [0.1, 0.15) is 20.7 Å². The molecule has 0 fully saturated rings. The van der Waals surface area contributed by atoms with Gasteiger partial charge in [-0.25, -0.2) is 4.79 Å². The molecule has 0 radical (unpaired) electrons. The molecule has 0 aliphatic heterocycles. The van der Waals surface area contributed by atoms with E-state index in [0.29, 0.717) is 21.3 Å². The smallest absolute Gasteiger partial charge is 0.337 e. The van der Waals surface area contributed by atoms with Crippen molar-refractivity contribution in [2.24, 2.45) is 0 Å². The number of hydrogen-bond acceptors (Lipinski definition) is 3. The van der Waals surface area contributed by atoms with Gasteiger partial charge in [0.15, 0.2) is 0 Å². The summed E-state index contributed by atoms with van der Waals surface area (Å²) in [5.74, 6) is -0.656. The van der Waals surface area contributed by atoms with Gasteiger partial charge in [0.1, 0.15) is 0 Å². The van der Waals surface area contributed by atoms with Gasteiger partial charge < -0.3 is 10.1 Å². The second-order valence-electron chi connectivity index (χ2n) is 4.15. The highest BCUT2D eigenvalue weighted by Gasteiger charge is 2.11. The predicted molar refractivity (Wildman–Crippen MR) is 87.6 cm³/mol. The van der Waals surface area contributed by atoms with E-state index in [1.165, 1.54) is 7.11 Å². The molecule has 21 heavy (non-hydrogen) atoms. The van der Waals surface area contributed by atoms with Crippen LogP contribution in [0.3, 0.4) is 0 Å².